The van der Waals surface area contributed by atoms with Crippen molar-refractivity contribution >= 4 is 45.0 Å². The van der Waals surface area contributed by atoms with E-state index in [0.717, 1.165) is 31.7 Å². The number of nitrogens with zero attached hydrogens (tertiary/aromatic N) is 2. The van der Waals surface area contributed by atoms with Crippen LogP contribution in [0.4, 0.5) is 5.69 Å². The van der Waals surface area contributed by atoms with Gasteiger partial charge >= 0.3 is 5.97 Å². The Labute approximate surface area is 180 Å². The van der Waals surface area contributed by atoms with Crippen molar-refractivity contribution in [2.45, 2.75) is 56.8 Å². The van der Waals surface area contributed by atoms with Gasteiger partial charge in [0.25, 0.3) is 0 Å². The summed E-state index contributed by atoms with van der Waals surface area (Å²) in [5.74, 6) is -0.245. The molecule has 0 spiro atoms. The molecule has 0 amide bonds. The third-order valence-corrected chi connectivity index (χ3v) is 6.42. The second-order valence-corrected chi connectivity index (χ2v) is 10.9. The Kier molecular flexibility index (Phi) is 5.75. The van der Waals surface area contributed by atoms with Crippen molar-refractivity contribution in [1.82, 2.24) is 4.37 Å². The van der Waals surface area contributed by atoms with Crippen molar-refractivity contribution in [2.24, 2.45) is 0 Å². The van der Waals surface area contributed by atoms with Gasteiger partial charge in [-0.3, -0.25) is 4.79 Å². The molecule has 0 atom stereocenters. The smallest absolute Gasteiger partial charge is 0.322 e. The first-order valence-electron chi connectivity index (χ1n) is 9.30. The highest BCUT2D eigenvalue weighted by atomic mass is 32.2. The zero-order valence-electron chi connectivity index (χ0n) is 17.5. The first kappa shape index (κ1) is 21.4. The van der Waals surface area contributed by atoms with Crippen molar-refractivity contribution < 1.29 is 9.53 Å². The molecule has 2 aromatic carbocycles. The van der Waals surface area contributed by atoms with Crippen molar-refractivity contribution in [3.05, 3.63) is 53.5 Å². The Hall–Kier alpha value is -2.36. The fourth-order valence-corrected chi connectivity index (χ4v) is 4.94. The van der Waals surface area contributed by atoms with Gasteiger partial charge < -0.3 is 4.74 Å². The minimum absolute atomic E-state index is 0.245. The third-order valence-electron chi connectivity index (χ3n) is 4.35. The van der Waals surface area contributed by atoms with Gasteiger partial charge in [0.15, 0.2) is 5.69 Å². The highest BCUT2D eigenvalue weighted by Crippen LogP contribution is 2.45. The maximum absolute atomic E-state index is 12.8. The number of esters is 1. The number of benzene rings is 2. The number of carbonyl (C=O) groups excluding carboxylic acids is 1. The summed E-state index contributed by atoms with van der Waals surface area (Å²) in [4.78, 5) is 17.4. The summed E-state index contributed by atoms with van der Waals surface area (Å²) in [6.45, 7) is 18.7. The third kappa shape index (κ3) is 4.63. The molecule has 0 unspecified atom stereocenters. The summed E-state index contributed by atoms with van der Waals surface area (Å²) >= 11 is 2.94. The molecule has 6 heteroatoms. The largest absolute Gasteiger partial charge is 0.459 e. The quantitative estimate of drug-likeness (QED) is 0.256. The molecule has 0 aliphatic carbocycles. The first-order chi connectivity index (χ1) is 13.5. The van der Waals surface area contributed by atoms with Gasteiger partial charge in [0.05, 0.1) is 11.3 Å². The van der Waals surface area contributed by atoms with Gasteiger partial charge in [0.2, 0.25) is 0 Å². The van der Waals surface area contributed by atoms with Crippen LogP contribution in [0.25, 0.3) is 26.1 Å². The summed E-state index contributed by atoms with van der Waals surface area (Å²) in [5.41, 5.74) is 3.11. The van der Waals surface area contributed by atoms with Crippen molar-refractivity contribution in [1.29, 1.82) is 0 Å². The van der Waals surface area contributed by atoms with E-state index in [9.17, 15) is 4.79 Å². The van der Waals surface area contributed by atoms with Crippen LogP contribution >= 0.6 is 23.3 Å². The fourth-order valence-electron chi connectivity index (χ4n) is 2.93. The van der Waals surface area contributed by atoms with Gasteiger partial charge in [-0.2, -0.15) is 4.37 Å². The zero-order valence-corrected chi connectivity index (χ0v) is 19.1. The number of rotatable bonds is 4. The molecule has 0 radical (unpaired) electrons. The van der Waals surface area contributed by atoms with E-state index in [-0.39, 0.29) is 5.97 Å². The van der Waals surface area contributed by atoms with Gasteiger partial charge in [-0.05, 0) is 70.3 Å². The van der Waals surface area contributed by atoms with Gasteiger partial charge in [-0.1, -0.05) is 24.3 Å². The molecule has 3 aromatic rings. The van der Waals surface area contributed by atoms with E-state index in [1.165, 1.54) is 23.3 Å². The van der Waals surface area contributed by atoms with Crippen LogP contribution in [-0.4, -0.2) is 20.7 Å². The molecular weight excluding hydrogens is 400 g/mol. The lowest BCUT2D eigenvalue weighted by Gasteiger charge is -2.28. The molecule has 0 aliphatic rings. The predicted octanol–water partition coefficient (Wildman–Crippen LogP) is 7.03. The summed E-state index contributed by atoms with van der Waals surface area (Å²) in [5, 5.41) is 1.07. The number of hydrogen-bond donors (Lipinski definition) is 0. The zero-order chi connectivity index (χ0) is 21.4. The SMILES string of the molecule is [C-]#[N+]c1ccc(-c2c(SC(C)(C)C(=O)OC(C)(C)C)ccc3cnsc23)cc1C. The molecule has 0 aliphatic heterocycles. The molecular formula is C23H24N2O2S2. The molecule has 1 heterocycles. The summed E-state index contributed by atoms with van der Waals surface area (Å²) in [7, 11) is 0. The van der Waals surface area contributed by atoms with Crippen LogP contribution in [0.2, 0.25) is 0 Å². The number of hydrogen-bond acceptors (Lipinski definition) is 5. The second-order valence-electron chi connectivity index (χ2n) is 8.41. The fraction of sp³-hybridized carbons (Fsp3) is 0.348. The Morgan fingerprint density at radius 1 is 1.17 bits per heavy atom. The molecule has 3 rings (SSSR count). The van der Waals surface area contributed by atoms with Crippen LogP contribution in [0.15, 0.2) is 41.4 Å². The van der Waals surface area contributed by atoms with Crippen molar-refractivity contribution in [3.8, 4) is 11.1 Å². The number of aryl methyl sites for hydroxylation is 1. The highest BCUT2D eigenvalue weighted by molar-refractivity contribution is 8.01. The Morgan fingerprint density at radius 3 is 2.52 bits per heavy atom. The number of carbonyl (C=O) groups is 1. The Morgan fingerprint density at radius 2 is 1.90 bits per heavy atom. The summed E-state index contributed by atoms with van der Waals surface area (Å²) in [6, 6.07) is 9.94. The van der Waals surface area contributed by atoms with Crippen LogP contribution in [0.5, 0.6) is 0 Å². The number of aromatic nitrogens is 1. The summed E-state index contributed by atoms with van der Waals surface area (Å²) in [6.07, 6.45) is 1.86. The van der Waals surface area contributed by atoms with Crippen LogP contribution in [0.3, 0.4) is 0 Å². The van der Waals surface area contributed by atoms with E-state index in [2.05, 4.69) is 9.22 Å². The molecule has 0 bridgehead atoms. The lowest BCUT2D eigenvalue weighted by atomic mass is 10.0. The minimum Gasteiger partial charge on any atom is -0.459 e. The molecule has 0 N–H and O–H groups in total. The minimum atomic E-state index is -0.758. The normalized spacial score (nSPS) is 12.0. The topological polar surface area (TPSA) is 43.5 Å². The number of ether oxygens (including phenoxy) is 1. The lowest BCUT2D eigenvalue weighted by molar-refractivity contribution is -0.156. The maximum Gasteiger partial charge on any atom is 0.322 e. The second kappa shape index (κ2) is 7.81. The van der Waals surface area contributed by atoms with Gasteiger partial charge in [0.1, 0.15) is 10.3 Å². The molecule has 0 saturated heterocycles. The summed E-state index contributed by atoms with van der Waals surface area (Å²) < 4.78 is 10.3. The molecule has 1 aromatic heterocycles. The molecule has 0 saturated carbocycles. The van der Waals surface area contributed by atoms with E-state index in [1.54, 1.807) is 0 Å². The Balaban J connectivity index is 2.10. The lowest BCUT2D eigenvalue weighted by Crippen LogP contribution is -2.36. The van der Waals surface area contributed by atoms with E-state index >= 15 is 0 Å². The molecule has 150 valence electrons. The van der Waals surface area contributed by atoms with E-state index in [4.69, 9.17) is 11.3 Å². The van der Waals surface area contributed by atoms with E-state index in [0.29, 0.717) is 5.69 Å². The maximum atomic E-state index is 12.8. The molecule has 29 heavy (non-hydrogen) atoms. The van der Waals surface area contributed by atoms with E-state index in [1.807, 2.05) is 78.1 Å². The monoisotopic (exact) mass is 424 g/mol. The Bertz CT molecular complexity index is 1120. The highest BCUT2D eigenvalue weighted by Gasteiger charge is 2.34. The number of thioether (sulfide) groups is 1. The van der Waals surface area contributed by atoms with Crippen molar-refractivity contribution in [2.75, 3.05) is 0 Å². The molecule has 4 nitrogen and oxygen atoms in total. The van der Waals surface area contributed by atoms with Crippen molar-refractivity contribution in [3.63, 3.8) is 0 Å². The van der Waals surface area contributed by atoms with Gasteiger partial charge in [-0.15, -0.1) is 11.8 Å². The standard InChI is InChI=1S/C23H24N2O2S2/c1-14-12-15(8-10-17(14)24-7)19-18(11-9-16-13-25-29-20(16)19)28-23(5,6)21(26)27-22(2,3)4/h8-13H,1-6H3. The predicted molar refractivity (Wildman–Crippen MR) is 122 cm³/mol. The van der Waals surface area contributed by atoms with Crippen LogP contribution in [0, 0.1) is 13.5 Å². The van der Waals surface area contributed by atoms with Gasteiger partial charge in [0, 0.05) is 22.0 Å². The average molecular weight is 425 g/mol. The van der Waals surface area contributed by atoms with Gasteiger partial charge in [-0.25, -0.2) is 4.85 Å². The molecule has 0 fully saturated rings. The first-order valence-corrected chi connectivity index (χ1v) is 10.9. The van der Waals surface area contributed by atoms with Crippen LogP contribution < -0.4 is 0 Å². The number of fused-ring (bicyclic) bond motifs is 1. The average Bonchev–Trinajstić information content (AvgIpc) is 3.08. The van der Waals surface area contributed by atoms with E-state index < -0.39 is 10.3 Å². The van der Waals surface area contributed by atoms with Crippen LogP contribution in [0.1, 0.15) is 40.2 Å². The van der Waals surface area contributed by atoms with Crippen LogP contribution in [-0.2, 0) is 9.53 Å².